The predicted octanol–water partition coefficient (Wildman–Crippen LogP) is 2.85. The molecule has 1 saturated heterocycles. The lowest BCUT2D eigenvalue weighted by molar-refractivity contribution is 0.175. The van der Waals surface area contributed by atoms with Crippen LogP contribution in [0.4, 0.5) is 0 Å². The van der Waals surface area contributed by atoms with Crippen molar-refractivity contribution in [2.24, 2.45) is 0 Å². The van der Waals surface area contributed by atoms with Crippen LogP contribution in [0.1, 0.15) is 12.5 Å². The van der Waals surface area contributed by atoms with Crippen molar-refractivity contribution in [3.05, 3.63) is 48.0 Å². The fourth-order valence-corrected chi connectivity index (χ4v) is 3.37. The molecule has 1 N–H and O–H groups in total. The van der Waals surface area contributed by atoms with Crippen molar-refractivity contribution in [2.45, 2.75) is 13.5 Å². The Balaban J connectivity index is 1.64. The first kappa shape index (κ1) is 15.3. The first-order valence-corrected chi connectivity index (χ1v) is 8.40. The van der Waals surface area contributed by atoms with Gasteiger partial charge in [-0.3, -0.25) is 4.90 Å². The molecule has 0 atom stereocenters. The molecule has 116 valence electrons. The van der Waals surface area contributed by atoms with Crippen molar-refractivity contribution in [1.29, 1.82) is 0 Å². The second-order valence-electron chi connectivity index (χ2n) is 5.74. The number of hydrogen-bond donors (Lipinski definition) is 1. The minimum Gasteiger partial charge on any atom is -0.363 e. The van der Waals surface area contributed by atoms with Gasteiger partial charge in [0.2, 0.25) is 0 Å². The van der Waals surface area contributed by atoms with Gasteiger partial charge in [0.1, 0.15) is 0 Å². The summed E-state index contributed by atoms with van der Waals surface area (Å²) in [5.74, 6) is 0. The van der Waals surface area contributed by atoms with E-state index in [1.807, 2.05) is 0 Å². The van der Waals surface area contributed by atoms with Crippen molar-refractivity contribution in [2.75, 3.05) is 32.7 Å². The Morgan fingerprint density at radius 1 is 1.05 bits per heavy atom. The minimum atomic E-state index is 0.896. The maximum atomic E-state index is 5.40. The summed E-state index contributed by atoms with van der Waals surface area (Å²) in [6.07, 6.45) is 0. The zero-order valence-corrected chi connectivity index (χ0v) is 13.9. The summed E-state index contributed by atoms with van der Waals surface area (Å²) >= 11 is 5.40. The number of fused-ring (bicyclic) bond motifs is 1. The summed E-state index contributed by atoms with van der Waals surface area (Å²) in [6.45, 7) is 8.15. The maximum absolute atomic E-state index is 5.40. The maximum Gasteiger partial charge on any atom is 0.169 e. The molecular formula is C18H23N3S. The Labute approximate surface area is 137 Å². The highest BCUT2D eigenvalue weighted by Crippen LogP contribution is 2.20. The minimum absolute atomic E-state index is 0.896. The smallest absolute Gasteiger partial charge is 0.169 e. The topological polar surface area (TPSA) is 18.5 Å². The number of thiocarbonyl (C=S) groups is 1. The standard InChI is InChI=1S/C18H23N3S/c1-2-19-18(22)21-12-10-20(11-13-21)14-16-8-5-7-15-6-3-4-9-17(15)16/h3-9H,2,10-14H2,1H3,(H,19,22). The summed E-state index contributed by atoms with van der Waals surface area (Å²) in [7, 11) is 0. The van der Waals surface area contributed by atoms with Gasteiger partial charge in [-0.15, -0.1) is 0 Å². The Morgan fingerprint density at radius 3 is 2.55 bits per heavy atom. The fourth-order valence-electron chi connectivity index (χ4n) is 3.04. The fraction of sp³-hybridized carbons (Fsp3) is 0.389. The lowest BCUT2D eigenvalue weighted by Crippen LogP contribution is -2.51. The first-order chi connectivity index (χ1) is 10.8. The van der Waals surface area contributed by atoms with Gasteiger partial charge in [0.15, 0.2) is 5.11 Å². The number of nitrogens with one attached hydrogen (secondary N) is 1. The second-order valence-corrected chi connectivity index (χ2v) is 6.12. The molecule has 3 nitrogen and oxygen atoms in total. The van der Waals surface area contributed by atoms with E-state index in [0.717, 1.165) is 44.4 Å². The van der Waals surface area contributed by atoms with Gasteiger partial charge in [0.25, 0.3) is 0 Å². The van der Waals surface area contributed by atoms with E-state index in [2.05, 4.69) is 64.5 Å². The van der Waals surface area contributed by atoms with E-state index in [9.17, 15) is 0 Å². The van der Waals surface area contributed by atoms with Gasteiger partial charge in [0, 0.05) is 39.3 Å². The predicted molar refractivity (Wildman–Crippen MR) is 97.1 cm³/mol. The summed E-state index contributed by atoms with van der Waals surface area (Å²) in [5, 5.41) is 6.84. The van der Waals surface area contributed by atoms with Gasteiger partial charge in [-0.25, -0.2) is 0 Å². The second kappa shape index (κ2) is 7.07. The molecule has 0 aliphatic carbocycles. The molecule has 0 bridgehead atoms. The van der Waals surface area contributed by atoms with E-state index in [0.29, 0.717) is 0 Å². The summed E-state index contributed by atoms with van der Waals surface area (Å²) in [4.78, 5) is 4.80. The molecule has 1 fully saturated rings. The molecule has 0 aromatic heterocycles. The van der Waals surface area contributed by atoms with Crippen LogP contribution in [0, 0.1) is 0 Å². The molecule has 0 unspecified atom stereocenters. The van der Waals surface area contributed by atoms with Crippen molar-refractivity contribution in [3.8, 4) is 0 Å². The van der Waals surface area contributed by atoms with Gasteiger partial charge in [-0.05, 0) is 35.5 Å². The molecular weight excluding hydrogens is 290 g/mol. The van der Waals surface area contributed by atoms with Crippen molar-refractivity contribution in [1.82, 2.24) is 15.1 Å². The van der Waals surface area contributed by atoms with E-state index in [4.69, 9.17) is 12.2 Å². The first-order valence-electron chi connectivity index (χ1n) is 7.99. The van der Waals surface area contributed by atoms with Crippen molar-refractivity contribution < 1.29 is 0 Å². The molecule has 3 rings (SSSR count). The van der Waals surface area contributed by atoms with E-state index in [1.54, 1.807) is 0 Å². The molecule has 0 spiro atoms. The van der Waals surface area contributed by atoms with E-state index in [1.165, 1.54) is 16.3 Å². The van der Waals surface area contributed by atoms with Crippen LogP contribution in [0.25, 0.3) is 10.8 Å². The zero-order valence-electron chi connectivity index (χ0n) is 13.1. The quantitative estimate of drug-likeness (QED) is 0.878. The largest absolute Gasteiger partial charge is 0.363 e. The molecule has 0 saturated carbocycles. The van der Waals surface area contributed by atoms with Crippen LogP contribution < -0.4 is 5.32 Å². The highest BCUT2D eigenvalue weighted by atomic mass is 32.1. The van der Waals surface area contributed by atoms with Gasteiger partial charge >= 0.3 is 0 Å². The SMILES string of the molecule is CCNC(=S)N1CCN(Cc2cccc3ccccc23)CC1. The number of nitrogens with zero attached hydrogens (tertiary/aromatic N) is 2. The highest BCUT2D eigenvalue weighted by Gasteiger charge is 2.18. The third kappa shape index (κ3) is 3.39. The van der Waals surface area contributed by atoms with Crippen LogP contribution >= 0.6 is 12.2 Å². The third-order valence-corrected chi connectivity index (χ3v) is 4.66. The van der Waals surface area contributed by atoms with E-state index >= 15 is 0 Å². The molecule has 2 aromatic carbocycles. The summed E-state index contributed by atoms with van der Waals surface area (Å²) < 4.78 is 0. The normalized spacial score (nSPS) is 16.0. The Kier molecular flexibility index (Phi) is 4.90. The zero-order chi connectivity index (χ0) is 15.4. The van der Waals surface area contributed by atoms with Crippen molar-refractivity contribution in [3.63, 3.8) is 0 Å². The van der Waals surface area contributed by atoms with Gasteiger partial charge in [-0.2, -0.15) is 0 Å². The average molecular weight is 313 g/mol. The number of hydrogen-bond acceptors (Lipinski definition) is 2. The Bertz CT molecular complexity index is 642. The van der Waals surface area contributed by atoms with Crippen LogP contribution in [-0.4, -0.2) is 47.6 Å². The summed E-state index contributed by atoms with van der Waals surface area (Å²) in [5.41, 5.74) is 1.42. The summed E-state index contributed by atoms with van der Waals surface area (Å²) in [6, 6.07) is 15.2. The number of rotatable bonds is 3. The van der Waals surface area contributed by atoms with E-state index < -0.39 is 0 Å². The molecule has 1 heterocycles. The molecule has 2 aromatic rings. The Hall–Kier alpha value is -1.65. The van der Waals surface area contributed by atoms with Crippen LogP contribution in [0.15, 0.2) is 42.5 Å². The molecule has 1 aliphatic rings. The third-order valence-electron chi connectivity index (χ3n) is 4.26. The van der Waals surface area contributed by atoms with Gasteiger partial charge in [0.05, 0.1) is 0 Å². The molecule has 0 amide bonds. The Morgan fingerprint density at radius 2 is 1.77 bits per heavy atom. The lowest BCUT2D eigenvalue weighted by Gasteiger charge is -2.36. The van der Waals surface area contributed by atoms with Crippen molar-refractivity contribution >= 4 is 28.1 Å². The van der Waals surface area contributed by atoms with Crippen LogP contribution in [0.3, 0.4) is 0 Å². The van der Waals surface area contributed by atoms with E-state index in [-0.39, 0.29) is 0 Å². The van der Waals surface area contributed by atoms with Gasteiger partial charge < -0.3 is 10.2 Å². The monoisotopic (exact) mass is 313 g/mol. The molecule has 0 radical (unpaired) electrons. The lowest BCUT2D eigenvalue weighted by atomic mass is 10.0. The molecule has 4 heteroatoms. The number of piperazine rings is 1. The van der Waals surface area contributed by atoms with Crippen LogP contribution in [0.5, 0.6) is 0 Å². The van der Waals surface area contributed by atoms with Crippen LogP contribution in [0.2, 0.25) is 0 Å². The highest BCUT2D eigenvalue weighted by molar-refractivity contribution is 7.80. The molecule has 22 heavy (non-hydrogen) atoms. The molecule has 1 aliphatic heterocycles. The number of benzene rings is 2. The average Bonchev–Trinajstić information content (AvgIpc) is 2.56. The van der Waals surface area contributed by atoms with Crippen LogP contribution in [-0.2, 0) is 6.54 Å². The van der Waals surface area contributed by atoms with Gasteiger partial charge in [-0.1, -0.05) is 42.5 Å².